The van der Waals surface area contributed by atoms with Crippen molar-refractivity contribution in [3.05, 3.63) is 0 Å². The molecule has 0 heterocycles. The maximum Gasteiger partial charge on any atom is 0.311 e. The minimum Gasteiger partial charge on any atom is -0.481 e. The fraction of sp³-hybridized carbons (Fsp3) is 0.875. The summed E-state index contributed by atoms with van der Waals surface area (Å²) in [6.07, 6.45) is 7.78. The summed E-state index contributed by atoms with van der Waals surface area (Å²) in [5.74, 6) is -0.255. The second-order valence-corrected chi connectivity index (χ2v) is 7.15. The van der Waals surface area contributed by atoms with Gasteiger partial charge in [0.25, 0.3) is 0 Å². The molecule has 1 aliphatic rings. The van der Waals surface area contributed by atoms with E-state index >= 15 is 0 Å². The number of hydrogen-bond acceptors (Lipinski definition) is 2. The number of carbonyl (C=O) groups is 2. The molecule has 0 radical (unpaired) electrons. The van der Waals surface area contributed by atoms with E-state index in [1.165, 1.54) is 32.1 Å². The van der Waals surface area contributed by atoms with Crippen molar-refractivity contribution in [3.8, 4) is 0 Å². The molecule has 1 rings (SSSR count). The molecule has 0 aromatic heterocycles. The lowest BCUT2D eigenvalue weighted by Crippen LogP contribution is -2.56. The van der Waals surface area contributed by atoms with E-state index < -0.39 is 16.9 Å². The molecule has 0 saturated heterocycles. The SMILES string of the molecule is CC(C)(NC(=O)CCC1CCCCC1)C(C)(C)C(=O)O. The summed E-state index contributed by atoms with van der Waals surface area (Å²) in [4.78, 5) is 23.4. The minimum absolute atomic E-state index is 0.0325. The van der Waals surface area contributed by atoms with Crippen molar-refractivity contribution < 1.29 is 14.7 Å². The van der Waals surface area contributed by atoms with E-state index in [0.29, 0.717) is 12.3 Å². The van der Waals surface area contributed by atoms with Gasteiger partial charge in [-0.1, -0.05) is 32.1 Å². The van der Waals surface area contributed by atoms with Crippen LogP contribution in [0.3, 0.4) is 0 Å². The smallest absolute Gasteiger partial charge is 0.311 e. The Kier molecular flexibility index (Phi) is 5.60. The molecule has 4 heteroatoms. The third kappa shape index (κ3) is 4.22. The molecule has 0 atom stereocenters. The topological polar surface area (TPSA) is 66.4 Å². The summed E-state index contributed by atoms with van der Waals surface area (Å²) < 4.78 is 0. The first kappa shape index (κ1) is 17.0. The average molecular weight is 283 g/mol. The van der Waals surface area contributed by atoms with Crippen LogP contribution in [0.2, 0.25) is 0 Å². The third-order valence-electron chi connectivity index (χ3n) is 5.05. The second-order valence-electron chi connectivity index (χ2n) is 7.15. The Labute approximate surface area is 122 Å². The van der Waals surface area contributed by atoms with Crippen molar-refractivity contribution >= 4 is 11.9 Å². The van der Waals surface area contributed by atoms with E-state index in [1.807, 2.05) is 0 Å². The van der Waals surface area contributed by atoms with Crippen LogP contribution in [-0.4, -0.2) is 22.5 Å². The maximum absolute atomic E-state index is 12.1. The molecule has 116 valence electrons. The van der Waals surface area contributed by atoms with Crippen LogP contribution >= 0.6 is 0 Å². The molecule has 0 spiro atoms. The van der Waals surface area contributed by atoms with Crippen molar-refractivity contribution in [1.82, 2.24) is 5.32 Å². The summed E-state index contributed by atoms with van der Waals surface area (Å²) in [7, 11) is 0. The first-order chi connectivity index (χ1) is 9.17. The Morgan fingerprint density at radius 1 is 1.10 bits per heavy atom. The Bertz CT molecular complexity index is 355. The summed E-state index contributed by atoms with van der Waals surface area (Å²) in [5.41, 5.74) is -1.75. The van der Waals surface area contributed by atoms with Gasteiger partial charge in [-0.2, -0.15) is 0 Å². The van der Waals surface area contributed by atoms with Gasteiger partial charge in [-0.3, -0.25) is 9.59 Å². The standard InChI is InChI=1S/C16H29NO3/c1-15(2,14(19)20)16(3,4)17-13(18)11-10-12-8-6-5-7-9-12/h12H,5-11H2,1-4H3,(H,17,18)(H,19,20). The average Bonchev–Trinajstić information content (AvgIpc) is 2.36. The number of carbonyl (C=O) groups excluding carboxylic acids is 1. The fourth-order valence-corrected chi connectivity index (χ4v) is 2.65. The Morgan fingerprint density at radius 2 is 1.65 bits per heavy atom. The highest BCUT2D eigenvalue weighted by molar-refractivity contribution is 5.80. The van der Waals surface area contributed by atoms with E-state index in [4.69, 9.17) is 0 Å². The van der Waals surface area contributed by atoms with E-state index in [-0.39, 0.29) is 5.91 Å². The van der Waals surface area contributed by atoms with Crippen LogP contribution in [0.4, 0.5) is 0 Å². The molecule has 4 nitrogen and oxygen atoms in total. The zero-order chi connectivity index (χ0) is 15.4. The first-order valence-electron chi connectivity index (χ1n) is 7.71. The second kappa shape index (κ2) is 6.59. The van der Waals surface area contributed by atoms with Gasteiger partial charge in [-0.25, -0.2) is 0 Å². The zero-order valence-electron chi connectivity index (χ0n) is 13.3. The first-order valence-corrected chi connectivity index (χ1v) is 7.71. The molecule has 1 saturated carbocycles. The zero-order valence-corrected chi connectivity index (χ0v) is 13.3. The molecule has 1 aliphatic carbocycles. The van der Waals surface area contributed by atoms with Crippen LogP contribution < -0.4 is 5.32 Å². The predicted molar refractivity (Wildman–Crippen MR) is 79.4 cm³/mol. The molecule has 0 unspecified atom stereocenters. The molecule has 20 heavy (non-hydrogen) atoms. The van der Waals surface area contributed by atoms with Gasteiger partial charge in [0.15, 0.2) is 0 Å². The van der Waals surface area contributed by atoms with Crippen molar-refractivity contribution in [2.45, 2.75) is 78.2 Å². The van der Waals surface area contributed by atoms with Crippen LogP contribution in [0.1, 0.15) is 72.6 Å². The number of rotatable bonds is 6. The summed E-state index contributed by atoms with van der Waals surface area (Å²) in [5, 5.41) is 12.2. The molecular weight excluding hydrogens is 254 g/mol. The Balaban J connectivity index is 2.46. The van der Waals surface area contributed by atoms with Gasteiger partial charge >= 0.3 is 5.97 Å². The minimum atomic E-state index is -0.993. The van der Waals surface area contributed by atoms with Gasteiger partial charge in [-0.15, -0.1) is 0 Å². The van der Waals surface area contributed by atoms with Crippen LogP contribution in [0.5, 0.6) is 0 Å². The number of carboxylic acid groups (broad SMARTS) is 1. The number of hydrogen-bond donors (Lipinski definition) is 2. The Morgan fingerprint density at radius 3 is 2.15 bits per heavy atom. The van der Waals surface area contributed by atoms with E-state index in [2.05, 4.69) is 5.32 Å². The molecule has 1 amide bonds. The van der Waals surface area contributed by atoms with Crippen LogP contribution in [-0.2, 0) is 9.59 Å². The molecular formula is C16H29NO3. The quantitative estimate of drug-likeness (QED) is 0.785. The van der Waals surface area contributed by atoms with Crippen molar-refractivity contribution in [3.63, 3.8) is 0 Å². The third-order valence-corrected chi connectivity index (χ3v) is 5.05. The lowest BCUT2D eigenvalue weighted by atomic mass is 9.74. The largest absolute Gasteiger partial charge is 0.481 e. The number of carboxylic acids is 1. The lowest BCUT2D eigenvalue weighted by molar-refractivity contribution is -0.151. The van der Waals surface area contributed by atoms with E-state index in [0.717, 1.165) is 6.42 Å². The van der Waals surface area contributed by atoms with Crippen molar-refractivity contribution in [2.24, 2.45) is 11.3 Å². The van der Waals surface area contributed by atoms with E-state index in [1.54, 1.807) is 27.7 Å². The number of aliphatic carboxylic acids is 1. The summed E-state index contributed by atoms with van der Waals surface area (Å²) in [6.45, 7) is 6.85. The fourth-order valence-electron chi connectivity index (χ4n) is 2.65. The Hall–Kier alpha value is -1.06. The molecule has 0 aromatic carbocycles. The summed E-state index contributed by atoms with van der Waals surface area (Å²) in [6, 6.07) is 0. The monoisotopic (exact) mass is 283 g/mol. The highest BCUT2D eigenvalue weighted by Crippen LogP contribution is 2.31. The highest BCUT2D eigenvalue weighted by atomic mass is 16.4. The normalized spacial score (nSPS) is 17.8. The van der Waals surface area contributed by atoms with Gasteiger partial charge in [0.05, 0.1) is 5.41 Å². The molecule has 0 bridgehead atoms. The molecule has 0 aliphatic heterocycles. The van der Waals surface area contributed by atoms with Gasteiger partial charge < -0.3 is 10.4 Å². The molecule has 2 N–H and O–H groups in total. The number of amides is 1. The maximum atomic E-state index is 12.1. The molecule has 1 fully saturated rings. The summed E-state index contributed by atoms with van der Waals surface area (Å²) >= 11 is 0. The van der Waals surface area contributed by atoms with E-state index in [9.17, 15) is 14.7 Å². The van der Waals surface area contributed by atoms with Gasteiger partial charge in [0.2, 0.25) is 5.91 Å². The van der Waals surface area contributed by atoms with Gasteiger partial charge in [-0.05, 0) is 40.0 Å². The lowest BCUT2D eigenvalue weighted by Gasteiger charge is -2.39. The van der Waals surface area contributed by atoms with Crippen molar-refractivity contribution in [1.29, 1.82) is 0 Å². The van der Waals surface area contributed by atoms with Gasteiger partial charge in [0.1, 0.15) is 0 Å². The number of nitrogens with one attached hydrogen (secondary N) is 1. The van der Waals surface area contributed by atoms with Crippen molar-refractivity contribution in [2.75, 3.05) is 0 Å². The highest BCUT2D eigenvalue weighted by Gasteiger charge is 2.44. The molecule has 0 aromatic rings. The van der Waals surface area contributed by atoms with Crippen LogP contribution in [0, 0.1) is 11.3 Å². The predicted octanol–water partition coefficient (Wildman–Crippen LogP) is 3.35. The van der Waals surface area contributed by atoms with Crippen LogP contribution in [0.15, 0.2) is 0 Å². The van der Waals surface area contributed by atoms with Gasteiger partial charge in [0, 0.05) is 12.0 Å². The van der Waals surface area contributed by atoms with Crippen LogP contribution in [0.25, 0.3) is 0 Å².